The highest BCUT2D eigenvalue weighted by Gasteiger charge is 2.19. The van der Waals surface area contributed by atoms with Crippen LogP contribution in [0.1, 0.15) is 23.2 Å². The number of para-hydroxylation sites is 1. The monoisotopic (exact) mass is 205 g/mol. The Morgan fingerprint density at radius 2 is 2.20 bits per heavy atom. The van der Waals surface area contributed by atoms with Crippen LogP contribution in [0.15, 0.2) is 24.3 Å². The van der Waals surface area contributed by atoms with E-state index in [9.17, 15) is 9.90 Å². The molecular weight excluding hydrogens is 190 g/mol. The molecule has 1 saturated heterocycles. The minimum Gasteiger partial charge on any atom is -0.391 e. The van der Waals surface area contributed by atoms with Crippen molar-refractivity contribution in [3.63, 3.8) is 0 Å². The number of aldehydes is 1. The average Bonchev–Trinajstić information content (AvgIpc) is 2.29. The molecule has 0 amide bonds. The molecule has 0 radical (unpaired) electrons. The van der Waals surface area contributed by atoms with Crippen LogP contribution < -0.4 is 4.90 Å². The SMILES string of the molecule is O=Cc1ccccc1N1CCC[C@@H](O)C1. The largest absolute Gasteiger partial charge is 0.391 e. The molecular formula is C12H15NO2. The van der Waals surface area contributed by atoms with E-state index in [0.29, 0.717) is 12.1 Å². The maximum Gasteiger partial charge on any atom is 0.152 e. The molecule has 1 aliphatic rings. The zero-order chi connectivity index (χ0) is 10.7. The maximum absolute atomic E-state index is 10.9. The van der Waals surface area contributed by atoms with Crippen molar-refractivity contribution in [2.75, 3.05) is 18.0 Å². The molecule has 0 aromatic heterocycles. The molecule has 1 aromatic rings. The van der Waals surface area contributed by atoms with Gasteiger partial charge in [-0.1, -0.05) is 12.1 Å². The number of hydrogen-bond donors (Lipinski definition) is 1. The summed E-state index contributed by atoms with van der Waals surface area (Å²) in [5, 5.41) is 9.57. The summed E-state index contributed by atoms with van der Waals surface area (Å²) in [4.78, 5) is 12.9. The molecule has 1 atom stereocenters. The van der Waals surface area contributed by atoms with Gasteiger partial charge < -0.3 is 10.0 Å². The molecule has 0 bridgehead atoms. The molecule has 3 heteroatoms. The number of aliphatic hydroxyl groups is 1. The van der Waals surface area contributed by atoms with Gasteiger partial charge in [0.25, 0.3) is 0 Å². The Bertz CT molecular complexity index is 351. The van der Waals surface area contributed by atoms with Crippen molar-refractivity contribution in [2.45, 2.75) is 18.9 Å². The van der Waals surface area contributed by atoms with Crippen LogP contribution in [0.2, 0.25) is 0 Å². The standard InChI is InChI=1S/C12H15NO2/c14-9-10-4-1-2-6-12(10)13-7-3-5-11(15)8-13/h1-2,4,6,9,11,15H,3,5,7-8H2/t11-/m1/s1. The zero-order valence-corrected chi connectivity index (χ0v) is 8.60. The predicted octanol–water partition coefficient (Wildman–Crippen LogP) is 1.46. The summed E-state index contributed by atoms with van der Waals surface area (Å²) in [6.45, 7) is 1.55. The van der Waals surface area contributed by atoms with Crippen molar-refractivity contribution in [3.05, 3.63) is 29.8 Å². The number of rotatable bonds is 2. The third-order valence-electron chi connectivity index (χ3n) is 2.80. The van der Waals surface area contributed by atoms with Gasteiger partial charge in [-0.2, -0.15) is 0 Å². The minimum absolute atomic E-state index is 0.265. The lowest BCUT2D eigenvalue weighted by Crippen LogP contribution is -2.38. The number of nitrogens with zero attached hydrogens (tertiary/aromatic N) is 1. The van der Waals surface area contributed by atoms with E-state index in [4.69, 9.17) is 0 Å². The number of carbonyl (C=O) groups is 1. The van der Waals surface area contributed by atoms with Crippen LogP contribution in [0.4, 0.5) is 5.69 Å². The molecule has 0 aliphatic carbocycles. The molecule has 80 valence electrons. The molecule has 3 nitrogen and oxygen atoms in total. The van der Waals surface area contributed by atoms with E-state index in [2.05, 4.69) is 4.90 Å². The van der Waals surface area contributed by atoms with Gasteiger partial charge in [0.1, 0.15) is 0 Å². The Morgan fingerprint density at radius 1 is 1.40 bits per heavy atom. The third kappa shape index (κ3) is 2.18. The number of hydrogen-bond acceptors (Lipinski definition) is 3. The van der Waals surface area contributed by atoms with Gasteiger partial charge in [0, 0.05) is 24.3 Å². The molecule has 0 saturated carbocycles. The normalized spacial score (nSPS) is 21.4. The van der Waals surface area contributed by atoms with Crippen LogP contribution in [-0.2, 0) is 0 Å². The predicted molar refractivity (Wildman–Crippen MR) is 59.3 cm³/mol. The first-order valence-corrected chi connectivity index (χ1v) is 5.28. The Labute approximate surface area is 89.3 Å². The summed E-state index contributed by atoms with van der Waals surface area (Å²) in [5.74, 6) is 0. The van der Waals surface area contributed by atoms with Gasteiger partial charge >= 0.3 is 0 Å². The van der Waals surface area contributed by atoms with Gasteiger partial charge in [-0.3, -0.25) is 4.79 Å². The highest BCUT2D eigenvalue weighted by Crippen LogP contribution is 2.22. The summed E-state index contributed by atoms with van der Waals surface area (Å²) in [6.07, 6.45) is 2.45. The van der Waals surface area contributed by atoms with Crippen LogP contribution in [0.3, 0.4) is 0 Å². The van der Waals surface area contributed by atoms with E-state index in [1.165, 1.54) is 0 Å². The van der Waals surface area contributed by atoms with E-state index in [-0.39, 0.29) is 6.10 Å². The van der Waals surface area contributed by atoms with Crippen molar-refractivity contribution in [1.29, 1.82) is 0 Å². The smallest absolute Gasteiger partial charge is 0.152 e. The van der Waals surface area contributed by atoms with Crippen molar-refractivity contribution < 1.29 is 9.90 Å². The van der Waals surface area contributed by atoms with Crippen LogP contribution >= 0.6 is 0 Å². The second-order valence-electron chi connectivity index (χ2n) is 3.92. The lowest BCUT2D eigenvalue weighted by atomic mass is 10.1. The highest BCUT2D eigenvalue weighted by molar-refractivity contribution is 5.84. The Morgan fingerprint density at radius 3 is 2.93 bits per heavy atom. The van der Waals surface area contributed by atoms with Crippen molar-refractivity contribution >= 4 is 12.0 Å². The van der Waals surface area contributed by atoms with Gasteiger partial charge in [-0.05, 0) is 25.0 Å². The van der Waals surface area contributed by atoms with Crippen molar-refractivity contribution in [3.8, 4) is 0 Å². The summed E-state index contributed by atoms with van der Waals surface area (Å²) < 4.78 is 0. The fourth-order valence-corrected chi connectivity index (χ4v) is 2.05. The molecule has 15 heavy (non-hydrogen) atoms. The summed E-state index contributed by atoms with van der Waals surface area (Å²) >= 11 is 0. The van der Waals surface area contributed by atoms with E-state index < -0.39 is 0 Å². The van der Waals surface area contributed by atoms with Gasteiger partial charge in [0.15, 0.2) is 6.29 Å². The third-order valence-corrected chi connectivity index (χ3v) is 2.80. The fourth-order valence-electron chi connectivity index (χ4n) is 2.05. The summed E-state index contributed by atoms with van der Waals surface area (Å²) in [7, 11) is 0. The van der Waals surface area contributed by atoms with E-state index >= 15 is 0 Å². The lowest BCUT2D eigenvalue weighted by molar-refractivity contribution is 0.112. The fraction of sp³-hybridized carbons (Fsp3) is 0.417. The number of β-amino-alcohol motifs (C(OH)–C–C–N with tert-alkyl or cyclic N) is 1. The highest BCUT2D eigenvalue weighted by atomic mass is 16.3. The molecule has 0 spiro atoms. The molecule has 1 fully saturated rings. The number of benzene rings is 1. The molecule has 1 aliphatic heterocycles. The number of aliphatic hydroxyl groups excluding tert-OH is 1. The van der Waals surface area contributed by atoms with Gasteiger partial charge in [-0.25, -0.2) is 0 Å². The summed E-state index contributed by atoms with van der Waals surface area (Å²) in [6, 6.07) is 7.52. The maximum atomic E-state index is 10.9. The molecule has 0 unspecified atom stereocenters. The first kappa shape index (κ1) is 10.2. The molecule has 1 heterocycles. The van der Waals surface area contributed by atoms with Crippen LogP contribution in [0.5, 0.6) is 0 Å². The van der Waals surface area contributed by atoms with Gasteiger partial charge in [-0.15, -0.1) is 0 Å². The molecule has 1 aromatic carbocycles. The topological polar surface area (TPSA) is 40.5 Å². The van der Waals surface area contributed by atoms with Crippen molar-refractivity contribution in [2.24, 2.45) is 0 Å². The van der Waals surface area contributed by atoms with Gasteiger partial charge in [0.2, 0.25) is 0 Å². The second-order valence-corrected chi connectivity index (χ2v) is 3.92. The average molecular weight is 205 g/mol. The minimum atomic E-state index is -0.265. The molecule has 2 rings (SSSR count). The van der Waals surface area contributed by atoms with Crippen LogP contribution in [-0.4, -0.2) is 30.6 Å². The lowest BCUT2D eigenvalue weighted by Gasteiger charge is -2.32. The van der Waals surface area contributed by atoms with Gasteiger partial charge in [0.05, 0.1) is 6.10 Å². The number of carbonyl (C=O) groups excluding carboxylic acids is 1. The first-order chi connectivity index (χ1) is 7.31. The quantitative estimate of drug-likeness (QED) is 0.743. The molecule has 1 N–H and O–H groups in total. The first-order valence-electron chi connectivity index (χ1n) is 5.28. The summed E-state index contributed by atoms with van der Waals surface area (Å²) in [5.41, 5.74) is 1.64. The van der Waals surface area contributed by atoms with E-state index in [1.54, 1.807) is 0 Å². The Balaban J connectivity index is 2.24. The van der Waals surface area contributed by atoms with E-state index in [0.717, 1.165) is 31.4 Å². The Hall–Kier alpha value is -1.35. The van der Waals surface area contributed by atoms with Crippen LogP contribution in [0, 0.1) is 0 Å². The van der Waals surface area contributed by atoms with E-state index in [1.807, 2.05) is 24.3 Å². The zero-order valence-electron chi connectivity index (χ0n) is 8.60. The number of piperidine rings is 1. The second kappa shape index (κ2) is 4.45. The number of anilines is 1. The Kier molecular flexibility index (Phi) is 3.02. The van der Waals surface area contributed by atoms with Crippen molar-refractivity contribution in [1.82, 2.24) is 0 Å². The van der Waals surface area contributed by atoms with Crippen LogP contribution in [0.25, 0.3) is 0 Å².